The highest BCUT2D eigenvalue weighted by Crippen LogP contribution is 2.55. The predicted octanol–water partition coefficient (Wildman–Crippen LogP) is 28.1. The van der Waals surface area contributed by atoms with E-state index in [0.717, 1.165) is 51.4 Å². The van der Waals surface area contributed by atoms with Crippen LogP contribution in [0.1, 0.15) is 155 Å². The van der Waals surface area contributed by atoms with Crippen LogP contribution in [0.15, 0.2) is 88.7 Å². The molecule has 1 aromatic carbocycles. The summed E-state index contributed by atoms with van der Waals surface area (Å²) in [6.45, 7) is 45.5. The molecule has 0 radical (unpaired) electrons. The second-order valence-electron chi connectivity index (χ2n) is 27.3. The Morgan fingerprint density at radius 2 is 0.512 bits per heavy atom. The fraction of sp³-hybridized carbons (Fsp3) is 0.427. The third-order valence-electron chi connectivity index (χ3n) is 15.1. The van der Waals surface area contributed by atoms with Gasteiger partial charge in [0.15, 0.2) is 5.69 Å². The van der Waals surface area contributed by atoms with E-state index in [4.69, 9.17) is 6.57 Å². The Balaban J connectivity index is 1.04. The second-order valence-corrected chi connectivity index (χ2v) is 38.1. The van der Waals surface area contributed by atoms with Crippen molar-refractivity contribution in [2.45, 2.75) is 162 Å². The Hall–Kier alpha value is -3.51. The van der Waals surface area contributed by atoms with Crippen LogP contribution in [-0.2, 0) is 51.4 Å². The van der Waals surface area contributed by atoms with Crippen LogP contribution in [0.3, 0.4) is 0 Å². The average molecular weight is 1370 g/mol. The van der Waals surface area contributed by atoms with E-state index in [0.29, 0.717) is 53.0 Å². The van der Waals surface area contributed by atoms with Crippen LogP contribution in [0.4, 0.5) is 5.69 Å². The molecule has 0 aliphatic carbocycles. The first-order valence-electron chi connectivity index (χ1n) is 31.2. The summed E-state index contributed by atoms with van der Waals surface area (Å²) in [6, 6.07) is 33.2. The summed E-state index contributed by atoms with van der Waals surface area (Å²) >= 11 is 22.1. The van der Waals surface area contributed by atoms with Crippen LogP contribution in [0.2, 0.25) is 0 Å². The lowest BCUT2D eigenvalue weighted by Crippen LogP contribution is -1.94. The normalized spacial score (nSPS) is 12.3. The van der Waals surface area contributed by atoms with Gasteiger partial charge in [-0.2, -0.15) is 0 Å². The van der Waals surface area contributed by atoms with E-state index in [9.17, 15) is 0 Å². The number of nitrogens with zero attached hydrogens (tertiary/aromatic N) is 1. The molecule has 0 amide bonds. The van der Waals surface area contributed by atoms with Gasteiger partial charge in [-0.1, -0.05) is 135 Å². The number of halogens is 1. The van der Waals surface area contributed by atoms with Crippen molar-refractivity contribution in [1.29, 1.82) is 0 Å². The minimum atomic E-state index is 0.538. The van der Waals surface area contributed by atoms with Gasteiger partial charge < -0.3 is 0 Å². The Bertz CT molecular complexity index is 3950. The minimum Gasteiger partial charge on any atom is -0.238 e. The molecule has 0 aliphatic heterocycles. The SMILES string of the molecule is [C-]#[N+]c1ccc(-c2ccc(-c3cc(CC(C)C)c(-c4cc(CC(C)C)c(-c5cc(CC(C)C)c(-c6cc(CC(C)C)c(-c7cc(CC(C)C)c(-c8cc(CC(C)C)c(-c9cc(CC(C)C)c(-c%10cc(CC(C)C)c(Br)s%10)s9)s8)s7)s6)s5)s4)s3)s2)cc1. The average Bonchev–Trinajstić information content (AvgIpc) is 2.01. The van der Waals surface area contributed by atoms with E-state index >= 15 is 0 Å². The molecule has 10 rings (SSSR count). The first-order chi connectivity index (χ1) is 41.0. The van der Waals surface area contributed by atoms with Gasteiger partial charge in [0.1, 0.15) is 0 Å². The standard InChI is InChI=1S/C75H86BrNS9/c1-40(2)24-49-32-60(59-23-22-58(78-59)48-18-20-57(77-17)21-19-48)79-68(49)61-33-50(25-41(3)4)69(80-61)62-34-51(26-42(5)6)70(81-62)63-35-52(27-43(7)8)71(82-63)64-36-53(28-44(9)10)72(83-64)65-37-54(29-45(11)12)73(84-65)66-38-55(30-46(13)14)74(85-66)67-39-56(31-47(15)16)75(76)86-67/h18-23,32-47H,24-31H2,1-16H3. The summed E-state index contributed by atoms with van der Waals surface area (Å²) in [5.41, 5.74) is 13.8. The fourth-order valence-electron chi connectivity index (χ4n) is 11.8. The summed E-state index contributed by atoms with van der Waals surface area (Å²) < 4.78 is 1.29. The van der Waals surface area contributed by atoms with Crippen LogP contribution in [-0.4, -0.2) is 0 Å². The van der Waals surface area contributed by atoms with Gasteiger partial charge in [-0.15, -0.1) is 102 Å². The summed E-state index contributed by atoms with van der Waals surface area (Å²) in [6.07, 6.45) is 8.57. The van der Waals surface area contributed by atoms with Crippen molar-refractivity contribution < 1.29 is 0 Å². The van der Waals surface area contributed by atoms with Crippen molar-refractivity contribution >= 4 is 124 Å². The zero-order valence-electron chi connectivity index (χ0n) is 53.4. The summed E-state index contributed by atoms with van der Waals surface area (Å²) in [5.74, 6) is 4.47. The molecule has 0 saturated heterocycles. The second kappa shape index (κ2) is 28.3. The van der Waals surface area contributed by atoms with E-state index in [1.165, 1.54) is 137 Å². The van der Waals surface area contributed by atoms with Gasteiger partial charge in [-0.05, 0) is 225 Å². The van der Waals surface area contributed by atoms with Gasteiger partial charge in [-0.25, -0.2) is 4.85 Å². The molecule has 0 spiro atoms. The lowest BCUT2D eigenvalue weighted by atomic mass is 9.99. The Kier molecular flexibility index (Phi) is 21.6. The first kappa shape index (κ1) is 65.4. The van der Waals surface area contributed by atoms with Gasteiger partial charge >= 0.3 is 0 Å². The fourth-order valence-corrected chi connectivity index (χ4v) is 23.9. The van der Waals surface area contributed by atoms with Crippen LogP contribution in [0, 0.1) is 53.9 Å². The molecule has 0 unspecified atom stereocenters. The number of rotatable bonds is 25. The zero-order valence-corrected chi connectivity index (χ0v) is 62.3. The van der Waals surface area contributed by atoms with Gasteiger partial charge in [0.2, 0.25) is 0 Å². The highest BCUT2D eigenvalue weighted by Gasteiger charge is 2.28. The number of hydrogen-bond donors (Lipinski definition) is 0. The van der Waals surface area contributed by atoms with E-state index in [-0.39, 0.29) is 0 Å². The van der Waals surface area contributed by atoms with Crippen LogP contribution in [0.25, 0.3) is 93.3 Å². The lowest BCUT2D eigenvalue weighted by Gasteiger charge is -2.05. The maximum atomic E-state index is 7.44. The molecule has 0 aliphatic rings. The van der Waals surface area contributed by atoms with Gasteiger partial charge in [0.05, 0.1) is 10.4 Å². The van der Waals surface area contributed by atoms with Gasteiger partial charge in [0.25, 0.3) is 0 Å². The highest BCUT2D eigenvalue weighted by molar-refractivity contribution is 9.11. The molecular formula is C75H86BrNS9. The summed E-state index contributed by atoms with van der Waals surface area (Å²) in [7, 11) is 0. The largest absolute Gasteiger partial charge is 0.238 e. The third-order valence-corrected chi connectivity index (χ3v) is 27.9. The van der Waals surface area contributed by atoms with E-state index in [1.807, 2.05) is 68.8 Å². The van der Waals surface area contributed by atoms with Crippen molar-refractivity contribution in [3.05, 3.63) is 145 Å². The topological polar surface area (TPSA) is 4.36 Å². The number of benzene rings is 1. The molecule has 0 N–H and O–H groups in total. The highest BCUT2D eigenvalue weighted by atomic mass is 79.9. The van der Waals surface area contributed by atoms with Crippen molar-refractivity contribution in [1.82, 2.24) is 0 Å². The molecule has 11 heteroatoms. The van der Waals surface area contributed by atoms with Crippen molar-refractivity contribution in [3.8, 4) is 88.5 Å². The van der Waals surface area contributed by atoms with Crippen molar-refractivity contribution in [3.63, 3.8) is 0 Å². The molecule has 9 heterocycles. The molecule has 1 nitrogen and oxygen atoms in total. The Labute approximate surface area is 560 Å². The summed E-state index contributed by atoms with van der Waals surface area (Å²) in [4.78, 5) is 27.8. The predicted molar refractivity (Wildman–Crippen MR) is 399 cm³/mol. The van der Waals surface area contributed by atoms with E-state index in [1.54, 1.807) is 0 Å². The van der Waals surface area contributed by atoms with Gasteiger partial charge in [-0.3, -0.25) is 0 Å². The van der Waals surface area contributed by atoms with Crippen LogP contribution >= 0.6 is 118 Å². The van der Waals surface area contributed by atoms with Crippen molar-refractivity contribution in [2.75, 3.05) is 0 Å². The lowest BCUT2D eigenvalue weighted by molar-refractivity contribution is 0.647. The minimum absolute atomic E-state index is 0.538. The molecule has 10 aromatic rings. The van der Waals surface area contributed by atoms with E-state index in [2.05, 4.69) is 250 Å². The number of thiophene rings is 9. The summed E-state index contributed by atoms with van der Waals surface area (Å²) in [5, 5.41) is 0. The molecule has 0 saturated carbocycles. The maximum absolute atomic E-state index is 7.44. The Morgan fingerprint density at radius 3 is 0.791 bits per heavy atom. The van der Waals surface area contributed by atoms with Crippen molar-refractivity contribution in [2.24, 2.45) is 47.3 Å². The Morgan fingerprint density at radius 1 is 0.279 bits per heavy atom. The smallest absolute Gasteiger partial charge is 0.187 e. The van der Waals surface area contributed by atoms with Gasteiger partial charge in [0, 0.05) is 82.9 Å². The molecule has 452 valence electrons. The van der Waals surface area contributed by atoms with Crippen LogP contribution in [0.5, 0.6) is 0 Å². The molecule has 0 bridgehead atoms. The molecular weight excluding hydrogens is 1280 g/mol. The molecule has 9 aromatic heterocycles. The quantitative estimate of drug-likeness (QED) is 0.0503. The number of hydrogen-bond acceptors (Lipinski definition) is 9. The third kappa shape index (κ3) is 15.4. The zero-order chi connectivity index (χ0) is 61.4. The molecule has 86 heavy (non-hydrogen) atoms. The van der Waals surface area contributed by atoms with E-state index < -0.39 is 0 Å². The monoisotopic (exact) mass is 1370 g/mol. The molecule has 0 fully saturated rings. The maximum Gasteiger partial charge on any atom is 0.187 e. The molecule has 0 atom stereocenters. The first-order valence-corrected chi connectivity index (χ1v) is 39.4. The van der Waals surface area contributed by atoms with Crippen LogP contribution < -0.4 is 0 Å².